The van der Waals surface area contributed by atoms with Crippen LogP contribution in [0.2, 0.25) is 0 Å². The summed E-state index contributed by atoms with van der Waals surface area (Å²) in [5, 5.41) is 2.15. The number of nitrogens with two attached hydrogens (primary N) is 1. The van der Waals surface area contributed by atoms with E-state index in [0.29, 0.717) is 6.04 Å². The van der Waals surface area contributed by atoms with Crippen LogP contribution in [-0.2, 0) is 6.42 Å². The minimum Gasteiger partial charge on any atom is -0.328 e. The monoisotopic (exact) mass is 209 g/mol. The van der Waals surface area contributed by atoms with Crippen LogP contribution in [0.4, 0.5) is 0 Å². The van der Waals surface area contributed by atoms with Gasteiger partial charge in [0.1, 0.15) is 0 Å². The molecule has 1 aromatic heterocycles. The lowest BCUT2D eigenvalue weighted by molar-refractivity contribution is 0.517. The number of thiophene rings is 1. The molecule has 78 valence electrons. The summed E-state index contributed by atoms with van der Waals surface area (Å²) in [6.07, 6.45) is 7.81. The normalized spacial score (nSPS) is 18.4. The average Bonchev–Trinajstić information content (AvgIpc) is 2.82. The maximum atomic E-state index is 6.06. The summed E-state index contributed by atoms with van der Waals surface area (Å²) in [4.78, 5) is 1.50. The van der Waals surface area contributed by atoms with Gasteiger partial charge in [-0.2, -0.15) is 0 Å². The van der Waals surface area contributed by atoms with Gasteiger partial charge >= 0.3 is 0 Å². The topological polar surface area (TPSA) is 26.0 Å². The number of hydrogen-bond donors (Lipinski definition) is 1. The first kappa shape index (κ1) is 10.2. The molecule has 1 aliphatic carbocycles. The highest BCUT2D eigenvalue weighted by Crippen LogP contribution is 2.33. The van der Waals surface area contributed by atoms with Gasteiger partial charge in [0.25, 0.3) is 0 Å². The predicted octanol–water partition coefficient (Wildman–Crippen LogP) is 3.20. The second kappa shape index (κ2) is 4.94. The van der Waals surface area contributed by atoms with E-state index < -0.39 is 0 Å². The van der Waals surface area contributed by atoms with Crippen LogP contribution in [0.3, 0.4) is 0 Å². The summed E-state index contributed by atoms with van der Waals surface area (Å²) in [6, 6.07) is 4.81. The van der Waals surface area contributed by atoms with E-state index in [9.17, 15) is 0 Å². The van der Waals surface area contributed by atoms with Crippen LogP contribution in [-0.4, -0.2) is 6.04 Å². The van der Waals surface area contributed by atoms with E-state index >= 15 is 0 Å². The molecule has 2 N–H and O–H groups in total. The van der Waals surface area contributed by atoms with Crippen molar-refractivity contribution < 1.29 is 0 Å². The van der Waals surface area contributed by atoms with Crippen LogP contribution >= 0.6 is 11.3 Å². The Labute approximate surface area is 90.3 Å². The summed E-state index contributed by atoms with van der Waals surface area (Å²) in [6.45, 7) is 0. The Kier molecular flexibility index (Phi) is 3.60. The molecule has 1 fully saturated rings. The molecule has 0 saturated heterocycles. The molecule has 1 heterocycles. The van der Waals surface area contributed by atoms with Gasteiger partial charge in [0, 0.05) is 10.9 Å². The third kappa shape index (κ3) is 3.43. The highest BCUT2D eigenvalue weighted by molar-refractivity contribution is 7.09. The minimum atomic E-state index is 0.461. The fraction of sp³-hybridized carbons (Fsp3) is 0.667. The molecule has 0 aliphatic heterocycles. The van der Waals surface area contributed by atoms with Crippen LogP contribution in [0.25, 0.3) is 0 Å². The van der Waals surface area contributed by atoms with Crippen molar-refractivity contribution in [2.75, 3.05) is 0 Å². The van der Waals surface area contributed by atoms with Crippen LogP contribution in [0.1, 0.15) is 37.0 Å². The smallest absolute Gasteiger partial charge is 0.00452 e. The second-order valence-electron chi connectivity index (χ2n) is 4.41. The van der Waals surface area contributed by atoms with Crippen molar-refractivity contribution in [1.29, 1.82) is 0 Å². The van der Waals surface area contributed by atoms with Gasteiger partial charge in [-0.15, -0.1) is 11.3 Å². The van der Waals surface area contributed by atoms with Gasteiger partial charge in [0.2, 0.25) is 0 Å². The van der Waals surface area contributed by atoms with E-state index in [1.807, 2.05) is 11.3 Å². The van der Waals surface area contributed by atoms with Gasteiger partial charge in [0.05, 0.1) is 0 Å². The molecular weight excluding hydrogens is 190 g/mol. The molecule has 0 radical (unpaired) electrons. The summed E-state index contributed by atoms with van der Waals surface area (Å²) in [7, 11) is 0. The van der Waals surface area contributed by atoms with Crippen molar-refractivity contribution in [2.45, 2.75) is 44.6 Å². The standard InChI is InChI=1S/C12H19NS/c13-11(9-10-6-7-10)3-1-4-12-5-2-8-14-12/h2,5,8,10-11H,1,3-4,6-7,9,13H2. The van der Waals surface area contributed by atoms with E-state index in [0.717, 1.165) is 5.92 Å². The van der Waals surface area contributed by atoms with Crippen LogP contribution < -0.4 is 5.73 Å². The Bertz CT molecular complexity index is 251. The van der Waals surface area contributed by atoms with Crippen LogP contribution in [0, 0.1) is 5.92 Å². The van der Waals surface area contributed by atoms with Crippen molar-refractivity contribution in [3.05, 3.63) is 22.4 Å². The van der Waals surface area contributed by atoms with Gasteiger partial charge in [-0.3, -0.25) is 0 Å². The highest BCUT2D eigenvalue weighted by atomic mass is 32.1. The second-order valence-corrected chi connectivity index (χ2v) is 5.44. The van der Waals surface area contributed by atoms with Crippen molar-refractivity contribution in [2.24, 2.45) is 11.7 Å². The fourth-order valence-electron chi connectivity index (χ4n) is 1.89. The number of hydrogen-bond acceptors (Lipinski definition) is 2. The average molecular weight is 209 g/mol. The number of rotatable bonds is 6. The Morgan fingerprint density at radius 1 is 1.50 bits per heavy atom. The van der Waals surface area contributed by atoms with Crippen LogP contribution in [0.5, 0.6) is 0 Å². The molecule has 0 bridgehead atoms. The molecule has 0 aromatic carbocycles. The SMILES string of the molecule is NC(CCCc1cccs1)CC1CC1. The lowest BCUT2D eigenvalue weighted by atomic mass is 10.0. The molecular formula is C12H19NS. The third-order valence-corrected chi connectivity index (χ3v) is 3.85. The highest BCUT2D eigenvalue weighted by Gasteiger charge is 2.23. The zero-order chi connectivity index (χ0) is 9.80. The molecule has 1 saturated carbocycles. The first-order valence-corrected chi connectivity index (χ1v) is 6.50. The van der Waals surface area contributed by atoms with Gasteiger partial charge in [0.15, 0.2) is 0 Å². The molecule has 1 atom stereocenters. The zero-order valence-electron chi connectivity index (χ0n) is 8.61. The lowest BCUT2D eigenvalue weighted by Crippen LogP contribution is -2.20. The summed E-state index contributed by atoms with van der Waals surface area (Å²) in [5.74, 6) is 0.978. The Balaban J connectivity index is 1.57. The van der Waals surface area contributed by atoms with E-state index in [1.165, 1.54) is 43.4 Å². The Morgan fingerprint density at radius 3 is 3.00 bits per heavy atom. The minimum absolute atomic E-state index is 0.461. The summed E-state index contributed by atoms with van der Waals surface area (Å²) in [5.41, 5.74) is 6.06. The molecule has 1 nitrogen and oxygen atoms in total. The largest absolute Gasteiger partial charge is 0.328 e. The van der Waals surface area contributed by atoms with E-state index in [-0.39, 0.29) is 0 Å². The molecule has 2 rings (SSSR count). The van der Waals surface area contributed by atoms with Crippen molar-refractivity contribution in [3.63, 3.8) is 0 Å². The summed E-state index contributed by atoms with van der Waals surface area (Å²) >= 11 is 1.86. The van der Waals surface area contributed by atoms with E-state index in [4.69, 9.17) is 5.73 Å². The molecule has 2 heteroatoms. The number of aryl methyl sites for hydroxylation is 1. The van der Waals surface area contributed by atoms with E-state index in [1.54, 1.807) is 0 Å². The first-order valence-electron chi connectivity index (χ1n) is 5.62. The summed E-state index contributed by atoms with van der Waals surface area (Å²) < 4.78 is 0. The predicted molar refractivity (Wildman–Crippen MR) is 62.6 cm³/mol. The quantitative estimate of drug-likeness (QED) is 0.765. The fourth-order valence-corrected chi connectivity index (χ4v) is 2.64. The molecule has 1 aromatic rings. The lowest BCUT2D eigenvalue weighted by Gasteiger charge is -2.09. The van der Waals surface area contributed by atoms with Gasteiger partial charge in [-0.05, 0) is 43.0 Å². The molecule has 1 unspecified atom stereocenters. The van der Waals surface area contributed by atoms with Crippen molar-refractivity contribution >= 4 is 11.3 Å². The third-order valence-electron chi connectivity index (χ3n) is 2.91. The van der Waals surface area contributed by atoms with Crippen molar-refractivity contribution in [3.8, 4) is 0 Å². The maximum Gasteiger partial charge on any atom is 0.00452 e. The molecule has 0 spiro atoms. The van der Waals surface area contributed by atoms with Gasteiger partial charge in [-0.1, -0.05) is 18.9 Å². The molecule has 0 amide bonds. The van der Waals surface area contributed by atoms with Gasteiger partial charge < -0.3 is 5.73 Å². The maximum absolute atomic E-state index is 6.06. The molecule has 1 aliphatic rings. The van der Waals surface area contributed by atoms with Crippen molar-refractivity contribution in [1.82, 2.24) is 0 Å². The van der Waals surface area contributed by atoms with Gasteiger partial charge in [-0.25, -0.2) is 0 Å². The Hall–Kier alpha value is -0.340. The zero-order valence-corrected chi connectivity index (χ0v) is 9.43. The van der Waals surface area contributed by atoms with Crippen LogP contribution in [0.15, 0.2) is 17.5 Å². The Morgan fingerprint density at radius 2 is 2.36 bits per heavy atom. The first-order chi connectivity index (χ1) is 6.84. The molecule has 14 heavy (non-hydrogen) atoms. The van der Waals surface area contributed by atoms with E-state index in [2.05, 4.69) is 17.5 Å².